The van der Waals surface area contributed by atoms with Gasteiger partial charge in [0, 0.05) is 11.9 Å². The predicted molar refractivity (Wildman–Crippen MR) is 71.0 cm³/mol. The van der Waals surface area contributed by atoms with Gasteiger partial charge in [-0.05, 0) is 24.5 Å². The van der Waals surface area contributed by atoms with E-state index in [0.29, 0.717) is 0 Å². The zero-order valence-electron chi connectivity index (χ0n) is 9.31. The highest BCUT2D eigenvalue weighted by molar-refractivity contribution is 7.98. The number of fused-ring (bicyclic) bond motifs is 1. The van der Waals surface area contributed by atoms with E-state index in [-0.39, 0.29) is 0 Å². The van der Waals surface area contributed by atoms with Gasteiger partial charge in [-0.25, -0.2) is 0 Å². The van der Waals surface area contributed by atoms with Gasteiger partial charge in [-0.3, -0.25) is 0 Å². The van der Waals surface area contributed by atoms with Gasteiger partial charge in [-0.1, -0.05) is 18.2 Å². The maximum atomic E-state index is 4.09. The van der Waals surface area contributed by atoms with E-state index in [1.54, 1.807) is 6.20 Å². The fraction of sp³-hybridized carbons (Fsp3) is 0.333. The Morgan fingerprint density at radius 2 is 2.19 bits per heavy atom. The van der Waals surface area contributed by atoms with Crippen molar-refractivity contribution in [2.24, 2.45) is 0 Å². The molecule has 0 saturated carbocycles. The van der Waals surface area contributed by atoms with E-state index in [1.807, 2.05) is 30.0 Å². The lowest BCUT2D eigenvalue weighted by Crippen LogP contribution is -2.03. The molecule has 0 aliphatic rings. The molecule has 1 aromatic heterocycles. The lowest BCUT2D eigenvalue weighted by atomic mass is 10.2. The summed E-state index contributed by atoms with van der Waals surface area (Å²) in [4.78, 5) is 0. The van der Waals surface area contributed by atoms with Crippen LogP contribution in [0.5, 0.6) is 0 Å². The van der Waals surface area contributed by atoms with Crippen LogP contribution < -0.4 is 5.32 Å². The number of rotatable bonds is 5. The van der Waals surface area contributed by atoms with Crippen LogP contribution >= 0.6 is 11.8 Å². The van der Waals surface area contributed by atoms with Crippen LogP contribution in [0.1, 0.15) is 6.42 Å². The highest BCUT2D eigenvalue weighted by Gasteiger charge is 2.00. The molecule has 16 heavy (non-hydrogen) atoms. The smallest absolute Gasteiger partial charge is 0.0950 e. The first-order chi connectivity index (χ1) is 7.92. The summed E-state index contributed by atoms with van der Waals surface area (Å²) in [5, 5.41) is 12.6. The Morgan fingerprint density at radius 3 is 3.06 bits per heavy atom. The van der Waals surface area contributed by atoms with Crippen molar-refractivity contribution in [3.8, 4) is 0 Å². The number of hydrogen-bond donors (Lipinski definition) is 1. The molecule has 0 aliphatic heterocycles. The summed E-state index contributed by atoms with van der Waals surface area (Å²) >= 11 is 1.87. The molecule has 2 aromatic rings. The molecule has 0 atom stereocenters. The van der Waals surface area contributed by atoms with Gasteiger partial charge >= 0.3 is 0 Å². The van der Waals surface area contributed by atoms with Crippen molar-refractivity contribution in [2.45, 2.75) is 6.42 Å². The van der Waals surface area contributed by atoms with Crippen LogP contribution in [0.15, 0.2) is 30.5 Å². The zero-order valence-corrected chi connectivity index (χ0v) is 10.1. The molecule has 4 heteroatoms. The first-order valence-corrected chi connectivity index (χ1v) is 6.74. The third kappa shape index (κ3) is 2.64. The third-order valence-corrected chi connectivity index (χ3v) is 3.08. The zero-order chi connectivity index (χ0) is 11.2. The van der Waals surface area contributed by atoms with E-state index < -0.39 is 0 Å². The largest absolute Gasteiger partial charge is 0.383 e. The fourth-order valence-electron chi connectivity index (χ4n) is 1.59. The van der Waals surface area contributed by atoms with Crippen LogP contribution in [0.4, 0.5) is 5.69 Å². The number of thioether (sulfide) groups is 1. The standard InChI is InChI=1S/C12H15N3S/c1-16-8-4-7-13-12-9-14-15-11-6-3-2-5-10(11)12/h2-3,5-6,9H,4,7-8H2,1H3,(H,13,15). The van der Waals surface area contributed by atoms with E-state index >= 15 is 0 Å². The maximum absolute atomic E-state index is 4.09. The Hall–Kier alpha value is -1.29. The molecule has 0 spiro atoms. The van der Waals surface area contributed by atoms with Gasteiger partial charge in [0.2, 0.25) is 0 Å². The first-order valence-electron chi connectivity index (χ1n) is 5.35. The van der Waals surface area contributed by atoms with E-state index in [1.165, 1.54) is 5.75 Å². The van der Waals surface area contributed by atoms with E-state index in [2.05, 4.69) is 27.8 Å². The van der Waals surface area contributed by atoms with Gasteiger partial charge in [-0.15, -0.1) is 0 Å². The second kappa shape index (κ2) is 5.70. The summed E-state index contributed by atoms with van der Waals surface area (Å²) in [6.45, 7) is 0.983. The van der Waals surface area contributed by atoms with Crippen molar-refractivity contribution in [3.63, 3.8) is 0 Å². The molecule has 84 valence electrons. The number of aromatic nitrogens is 2. The van der Waals surface area contributed by atoms with Gasteiger partial charge in [0.15, 0.2) is 0 Å². The predicted octanol–water partition coefficient (Wildman–Crippen LogP) is 2.79. The topological polar surface area (TPSA) is 37.8 Å². The molecule has 1 heterocycles. The molecule has 0 radical (unpaired) electrons. The first kappa shape index (κ1) is 11.2. The Morgan fingerprint density at radius 1 is 1.31 bits per heavy atom. The second-order valence-electron chi connectivity index (χ2n) is 3.55. The molecule has 0 aliphatic carbocycles. The minimum atomic E-state index is 0.942. The average Bonchev–Trinajstić information content (AvgIpc) is 2.35. The van der Waals surface area contributed by atoms with Crippen molar-refractivity contribution in [2.75, 3.05) is 23.9 Å². The minimum Gasteiger partial charge on any atom is -0.383 e. The van der Waals surface area contributed by atoms with Crippen molar-refractivity contribution in [1.29, 1.82) is 0 Å². The number of anilines is 1. The van der Waals surface area contributed by atoms with Gasteiger partial charge in [0.1, 0.15) is 0 Å². The number of benzene rings is 1. The number of nitrogens with one attached hydrogen (secondary N) is 1. The molecular weight excluding hydrogens is 218 g/mol. The van der Waals surface area contributed by atoms with Crippen LogP contribution in [-0.2, 0) is 0 Å². The second-order valence-corrected chi connectivity index (χ2v) is 4.53. The number of hydrogen-bond acceptors (Lipinski definition) is 4. The Bertz CT molecular complexity index is 453. The molecule has 1 N–H and O–H groups in total. The van der Waals surface area contributed by atoms with Crippen molar-refractivity contribution >= 4 is 28.4 Å². The van der Waals surface area contributed by atoms with Gasteiger partial charge < -0.3 is 5.32 Å². The molecule has 0 bridgehead atoms. The molecule has 1 aromatic carbocycles. The molecule has 0 saturated heterocycles. The Kier molecular flexibility index (Phi) is 3.99. The van der Waals surface area contributed by atoms with E-state index in [4.69, 9.17) is 0 Å². The van der Waals surface area contributed by atoms with Crippen LogP contribution in [-0.4, -0.2) is 28.8 Å². The maximum Gasteiger partial charge on any atom is 0.0950 e. The number of nitrogens with zero attached hydrogens (tertiary/aromatic N) is 2. The van der Waals surface area contributed by atoms with Gasteiger partial charge in [-0.2, -0.15) is 22.0 Å². The van der Waals surface area contributed by atoms with Crippen LogP contribution in [0.3, 0.4) is 0 Å². The van der Waals surface area contributed by atoms with Crippen LogP contribution in [0.25, 0.3) is 10.9 Å². The molecule has 2 rings (SSSR count). The van der Waals surface area contributed by atoms with Crippen molar-refractivity contribution in [1.82, 2.24) is 10.2 Å². The SMILES string of the molecule is CSCCCNc1cnnc2ccccc12. The summed E-state index contributed by atoms with van der Waals surface area (Å²) in [6.07, 6.45) is 5.09. The summed E-state index contributed by atoms with van der Waals surface area (Å²) < 4.78 is 0. The minimum absolute atomic E-state index is 0.942. The van der Waals surface area contributed by atoms with Crippen molar-refractivity contribution in [3.05, 3.63) is 30.5 Å². The summed E-state index contributed by atoms with van der Waals surface area (Å²) in [6, 6.07) is 8.06. The highest BCUT2D eigenvalue weighted by atomic mass is 32.2. The summed E-state index contributed by atoms with van der Waals surface area (Å²) in [5.41, 5.74) is 2.02. The van der Waals surface area contributed by atoms with Crippen molar-refractivity contribution < 1.29 is 0 Å². The van der Waals surface area contributed by atoms with Gasteiger partial charge in [0.05, 0.1) is 17.4 Å². The molecular formula is C12H15N3S. The summed E-state index contributed by atoms with van der Waals surface area (Å²) in [5.74, 6) is 1.18. The average molecular weight is 233 g/mol. The molecule has 3 nitrogen and oxygen atoms in total. The normalized spacial score (nSPS) is 10.6. The van der Waals surface area contributed by atoms with Crippen LogP contribution in [0.2, 0.25) is 0 Å². The highest BCUT2D eigenvalue weighted by Crippen LogP contribution is 2.19. The Labute approximate surface area is 99.7 Å². The lowest BCUT2D eigenvalue weighted by Gasteiger charge is -2.07. The van der Waals surface area contributed by atoms with E-state index in [9.17, 15) is 0 Å². The van der Waals surface area contributed by atoms with Gasteiger partial charge in [0.25, 0.3) is 0 Å². The quantitative estimate of drug-likeness (QED) is 0.806. The van der Waals surface area contributed by atoms with Crippen LogP contribution in [0, 0.1) is 0 Å². The summed E-state index contributed by atoms with van der Waals surface area (Å²) in [7, 11) is 0. The molecule has 0 amide bonds. The molecule has 0 fully saturated rings. The fourth-order valence-corrected chi connectivity index (χ4v) is 2.02. The molecule has 0 unspecified atom stereocenters. The third-order valence-electron chi connectivity index (χ3n) is 2.39. The lowest BCUT2D eigenvalue weighted by molar-refractivity contribution is 0.986. The monoisotopic (exact) mass is 233 g/mol. The Balaban J connectivity index is 2.11. The van der Waals surface area contributed by atoms with E-state index in [0.717, 1.165) is 29.6 Å².